The summed E-state index contributed by atoms with van der Waals surface area (Å²) in [5, 5.41) is 2.85. The highest BCUT2D eigenvalue weighted by Crippen LogP contribution is 2.16. The van der Waals surface area contributed by atoms with Gasteiger partial charge in [-0.15, -0.1) is 0 Å². The summed E-state index contributed by atoms with van der Waals surface area (Å²) in [7, 11) is -2.25. The Morgan fingerprint density at radius 1 is 1.24 bits per heavy atom. The Bertz CT molecular complexity index is 477. The highest BCUT2D eigenvalue weighted by molar-refractivity contribution is 7.89. The van der Waals surface area contributed by atoms with Crippen LogP contribution in [0.25, 0.3) is 0 Å². The molecule has 0 atom stereocenters. The molecule has 0 aliphatic rings. The van der Waals surface area contributed by atoms with Gasteiger partial charge in [-0.1, -0.05) is 6.07 Å². The molecule has 0 unspecified atom stereocenters. The summed E-state index contributed by atoms with van der Waals surface area (Å²) in [6.45, 7) is 0.799. The average molecular weight is 264 g/mol. The van der Waals surface area contributed by atoms with E-state index in [9.17, 15) is 17.2 Å². The van der Waals surface area contributed by atoms with Crippen LogP contribution >= 0.6 is 0 Å². The van der Waals surface area contributed by atoms with Gasteiger partial charge in [-0.25, -0.2) is 21.9 Å². The molecule has 0 aliphatic heterocycles. The monoisotopic (exact) mass is 264 g/mol. The predicted octanol–water partition coefficient (Wildman–Crippen LogP) is 0.853. The second kappa shape index (κ2) is 6.04. The molecule has 0 saturated heterocycles. The highest BCUT2D eigenvalue weighted by Gasteiger charge is 2.20. The van der Waals surface area contributed by atoms with E-state index in [4.69, 9.17) is 0 Å². The van der Waals surface area contributed by atoms with Crippen molar-refractivity contribution in [3.05, 3.63) is 29.8 Å². The Balaban J connectivity index is 2.79. The van der Waals surface area contributed by atoms with E-state index in [0.717, 1.165) is 18.2 Å². The first-order valence-electron chi connectivity index (χ1n) is 5.07. The maximum absolute atomic E-state index is 13.3. The fourth-order valence-electron chi connectivity index (χ4n) is 1.24. The van der Waals surface area contributed by atoms with E-state index in [1.807, 2.05) is 0 Å². The predicted molar refractivity (Wildman–Crippen MR) is 60.1 cm³/mol. The fraction of sp³-hybridized carbons (Fsp3) is 0.400. The minimum Gasteiger partial charge on any atom is -0.320 e. The Kier molecular flexibility index (Phi) is 4.98. The van der Waals surface area contributed by atoms with Gasteiger partial charge in [-0.3, -0.25) is 0 Å². The first-order valence-corrected chi connectivity index (χ1v) is 6.55. The topological polar surface area (TPSA) is 58.2 Å². The molecule has 1 aromatic carbocycles. The molecule has 1 rings (SSSR count). The SMILES string of the molecule is CNCCCNS(=O)(=O)c1cccc(F)c1F. The standard InChI is InChI=1S/C10H14F2N2O2S/c1-13-6-3-7-14-17(15,16)9-5-2-4-8(11)10(9)12/h2,4-5,13-14H,3,6-7H2,1H3. The molecule has 1 aromatic rings. The zero-order valence-corrected chi connectivity index (χ0v) is 10.2. The van der Waals surface area contributed by atoms with E-state index in [1.165, 1.54) is 0 Å². The number of hydrogen-bond acceptors (Lipinski definition) is 3. The van der Waals surface area contributed by atoms with Gasteiger partial charge in [-0.05, 0) is 32.1 Å². The number of nitrogens with one attached hydrogen (secondary N) is 2. The minimum atomic E-state index is -3.99. The molecule has 0 bridgehead atoms. The third-order valence-corrected chi connectivity index (χ3v) is 3.58. The van der Waals surface area contributed by atoms with Gasteiger partial charge in [-0.2, -0.15) is 0 Å². The molecule has 7 heteroatoms. The number of benzene rings is 1. The van der Waals surface area contributed by atoms with Crippen LogP contribution in [0.4, 0.5) is 8.78 Å². The van der Waals surface area contributed by atoms with E-state index in [-0.39, 0.29) is 6.54 Å². The molecule has 96 valence electrons. The molecule has 0 spiro atoms. The van der Waals surface area contributed by atoms with Gasteiger partial charge in [0.25, 0.3) is 0 Å². The lowest BCUT2D eigenvalue weighted by Crippen LogP contribution is -2.27. The third-order valence-electron chi connectivity index (χ3n) is 2.10. The van der Waals surface area contributed by atoms with E-state index in [0.29, 0.717) is 13.0 Å². The van der Waals surface area contributed by atoms with Gasteiger partial charge >= 0.3 is 0 Å². The van der Waals surface area contributed by atoms with Crippen LogP contribution < -0.4 is 10.0 Å². The van der Waals surface area contributed by atoms with Gasteiger partial charge in [0, 0.05) is 6.54 Å². The Hall–Kier alpha value is -1.05. The summed E-state index contributed by atoms with van der Waals surface area (Å²) in [6, 6.07) is 3.05. The molecule has 0 amide bonds. The lowest BCUT2D eigenvalue weighted by Gasteiger charge is -2.07. The van der Waals surface area contributed by atoms with Crippen molar-refractivity contribution in [3.63, 3.8) is 0 Å². The number of rotatable bonds is 6. The van der Waals surface area contributed by atoms with Crippen molar-refractivity contribution in [3.8, 4) is 0 Å². The fourth-order valence-corrected chi connectivity index (χ4v) is 2.40. The maximum Gasteiger partial charge on any atom is 0.243 e. The summed E-state index contributed by atoms with van der Waals surface area (Å²) in [5.74, 6) is -2.53. The van der Waals surface area contributed by atoms with Crippen LogP contribution in [-0.2, 0) is 10.0 Å². The van der Waals surface area contributed by atoms with Crippen LogP contribution in [0.5, 0.6) is 0 Å². The van der Waals surface area contributed by atoms with Crippen molar-refractivity contribution < 1.29 is 17.2 Å². The van der Waals surface area contributed by atoms with Crippen LogP contribution in [0.15, 0.2) is 23.1 Å². The molecular weight excluding hydrogens is 250 g/mol. The smallest absolute Gasteiger partial charge is 0.243 e. The van der Waals surface area contributed by atoms with Crippen molar-refractivity contribution in [1.82, 2.24) is 10.0 Å². The minimum absolute atomic E-state index is 0.166. The first-order chi connectivity index (χ1) is 7.99. The van der Waals surface area contributed by atoms with E-state index in [1.54, 1.807) is 7.05 Å². The molecule has 0 fully saturated rings. The van der Waals surface area contributed by atoms with Gasteiger partial charge in [0.15, 0.2) is 11.6 Å². The zero-order valence-electron chi connectivity index (χ0n) is 9.33. The van der Waals surface area contributed by atoms with Crippen molar-refractivity contribution in [2.45, 2.75) is 11.3 Å². The third kappa shape index (κ3) is 3.72. The lowest BCUT2D eigenvalue weighted by atomic mass is 10.3. The van der Waals surface area contributed by atoms with Gasteiger partial charge in [0.1, 0.15) is 4.90 Å². The van der Waals surface area contributed by atoms with Gasteiger partial charge in [0.05, 0.1) is 0 Å². The summed E-state index contributed by atoms with van der Waals surface area (Å²) < 4.78 is 51.6. The first kappa shape index (κ1) is 14.0. The number of halogens is 2. The van der Waals surface area contributed by atoms with E-state index < -0.39 is 26.6 Å². The van der Waals surface area contributed by atoms with E-state index in [2.05, 4.69) is 10.0 Å². The second-order valence-corrected chi connectivity index (χ2v) is 5.14. The molecule has 0 saturated carbocycles. The number of sulfonamides is 1. The van der Waals surface area contributed by atoms with Crippen molar-refractivity contribution in [2.24, 2.45) is 0 Å². The second-order valence-electron chi connectivity index (χ2n) is 3.41. The molecule has 0 aliphatic carbocycles. The molecule has 0 aromatic heterocycles. The molecule has 0 heterocycles. The highest BCUT2D eigenvalue weighted by atomic mass is 32.2. The average Bonchev–Trinajstić information content (AvgIpc) is 2.28. The van der Waals surface area contributed by atoms with Crippen LogP contribution in [0, 0.1) is 11.6 Å². The summed E-state index contributed by atoms with van der Waals surface area (Å²) in [6.07, 6.45) is 0.562. The quantitative estimate of drug-likeness (QED) is 0.749. The zero-order chi connectivity index (χ0) is 12.9. The van der Waals surface area contributed by atoms with Crippen LogP contribution in [-0.4, -0.2) is 28.6 Å². The number of hydrogen-bond donors (Lipinski definition) is 2. The summed E-state index contributed by atoms with van der Waals surface area (Å²) in [4.78, 5) is -0.665. The lowest BCUT2D eigenvalue weighted by molar-refractivity contribution is 0.483. The molecule has 4 nitrogen and oxygen atoms in total. The van der Waals surface area contributed by atoms with Crippen LogP contribution in [0.3, 0.4) is 0 Å². The van der Waals surface area contributed by atoms with Gasteiger partial charge < -0.3 is 5.32 Å². The summed E-state index contributed by atoms with van der Waals surface area (Å²) >= 11 is 0. The molecule has 17 heavy (non-hydrogen) atoms. The van der Waals surface area contributed by atoms with Crippen molar-refractivity contribution >= 4 is 10.0 Å². The molecular formula is C10H14F2N2O2S. The van der Waals surface area contributed by atoms with Crippen molar-refractivity contribution in [1.29, 1.82) is 0 Å². The maximum atomic E-state index is 13.3. The van der Waals surface area contributed by atoms with Crippen molar-refractivity contribution in [2.75, 3.05) is 20.1 Å². The van der Waals surface area contributed by atoms with Crippen LogP contribution in [0.1, 0.15) is 6.42 Å². The largest absolute Gasteiger partial charge is 0.320 e. The van der Waals surface area contributed by atoms with Gasteiger partial charge in [0.2, 0.25) is 10.0 Å². The van der Waals surface area contributed by atoms with Crippen LogP contribution in [0.2, 0.25) is 0 Å². The Labute approximate surface area is 99.1 Å². The van der Waals surface area contributed by atoms with E-state index >= 15 is 0 Å². The molecule has 2 N–H and O–H groups in total. The molecule has 0 radical (unpaired) electrons. The Morgan fingerprint density at radius 3 is 2.59 bits per heavy atom. The Morgan fingerprint density at radius 2 is 1.94 bits per heavy atom. The normalized spacial score (nSPS) is 11.7. The summed E-state index contributed by atoms with van der Waals surface area (Å²) in [5.41, 5.74) is 0.